The molecule has 1 rings (SSSR count). The lowest BCUT2D eigenvalue weighted by molar-refractivity contribution is -0.118. The molecule has 3 unspecified atom stereocenters. The molecule has 0 saturated carbocycles. The molecule has 26 heavy (non-hydrogen) atoms. The minimum Gasteiger partial charge on any atom is -0.497 e. The van der Waals surface area contributed by atoms with Crippen molar-refractivity contribution in [1.29, 1.82) is 0 Å². The lowest BCUT2D eigenvalue weighted by Crippen LogP contribution is -2.43. The number of hydrogen-bond donors (Lipinski definition) is 0. The van der Waals surface area contributed by atoms with Gasteiger partial charge in [0.2, 0.25) is 0 Å². The van der Waals surface area contributed by atoms with Crippen molar-refractivity contribution in [3.8, 4) is 5.75 Å². The number of methoxy groups -OCH3 is 1. The van der Waals surface area contributed by atoms with Gasteiger partial charge in [-0.15, -0.1) is 0 Å². The number of carbonyl (C=O) groups is 1. The van der Waals surface area contributed by atoms with E-state index in [0.717, 1.165) is 17.6 Å². The Labute approximate surface area is 160 Å². The summed E-state index contributed by atoms with van der Waals surface area (Å²) in [5.41, 5.74) is 1.06. The maximum absolute atomic E-state index is 11.4. The molecule has 0 fully saturated rings. The molecule has 1 aromatic rings. The molecule has 0 N–H and O–H groups in total. The summed E-state index contributed by atoms with van der Waals surface area (Å²) >= 11 is 0. The minimum atomic E-state index is -1.81. The van der Waals surface area contributed by atoms with Crippen LogP contribution >= 0.6 is 0 Å². The second-order valence-corrected chi connectivity index (χ2v) is 13.5. The van der Waals surface area contributed by atoms with Gasteiger partial charge in [-0.2, -0.15) is 0 Å². The fourth-order valence-corrected chi connectivity index (χ4v) is 3.59. The summed E-state index contributed by atoms with van der Waals surface area (Å²) in [5.74, 6) is 0.788. The number of ether oxygens (including phenoxy) is 2. The van der Waals surface area contributed by atoms with Crippen LogP contribution in [-0.2, 0) is 20.6 Å². The van der Waals surface area contributed by atoms with E-state index in [1.54, 1.807) is 7.11 Å². The highest BCUT2D eigenvalue weighted by Gasteiger charge is 2.38. The highest BCUT2D eigenvalue weighted by atomic mass is 28.4. The van der Waals surface area contributed by atoms with Crippen LogP contribution < -0.4 is 4.74 Å². The molecule has 0 heterocycles. The Morgan fingerprint density at radius 1 is 1.12 bits per heavy atom. The number of aldehydes is 1. The fraction of sp³-hybridized carbons (Fsp3) is 0.667. The van der Waals surface area contributed by atoms with Crippen molar-refractivity contribution in [3.05, 3.63) is 29.8 Å². The lowest BCUT2D eigenvalue weighted by atomic mass is 9.95. The van der Waals surface area contributed by atoms with Crippen LogP contribution in [-0.4, -0.2) is 34.4 Å². The van der Waals surface area contributed by atoms with Crippen LogP contribution in [0.3, 0.4) is 0 Å². The third kappa shape index (κ3) is 6.52. The standard InChI is InChI=1S/C21H36O4Si/c1-16(13-22)20(17(2)14-25-26(7,8)21(3,4)5)24-15-18-9-11-19(23-6)12-10-18/h9-13,16-17,20H,14-15H2,1-8H3. The SMILES string of the molecule is COc1ccc(COC(C(C)C=O)C(C)CO[Si](C)(C)C(C)(C)C)cc1. The summed E-state index contributed by atoms with van der Waals surface area (Å²) in [5, 5.41) is 0.169. The smallest absolute Gasteiger partial charge is 0.191 e. The van der Waals surface area contributed by atoms with Gasteiger partial charge in [0, 0.05) is 18.4 Å². The molecule has 0 amide bonds. The van der Waals surface area contributed by atoms with E-state index in [2.05, 4.69) is 40.8 Å². The first-order valence-corrected chi connectivity index (χ1v) is 12.3. The van der Waals surface area contributed by atoms with E-state index in [9.17, 15) is 4.79 Å². The van der Waals surface area contributed by atoms with Gasteiger partial charge in [0.25, 0.3) is 0 Å². The average Bonchev–Trinajstić information content (AvgIpc) is 2.59. The van der Waals surface area contributed by atoms with E-state index < -0.39 is 8.32 Å². The first-order valence-electron chi connectivity index (χ1n) is 9.35. The number of hydrogen-bond acceptors (Lipinski definition) is 4. The Kier molecular flexibility index (Phi) is 8.51. The van der Waals surface area contributed by atoms with Gasteiger partial charge in [-0.1, -0.05) is 46.8 Å². The van der Waals surface area contributed by atoms with E-state index in [1.165, 1.54) is 0 Å². The van der Waals surface area contributed by atoms with Crippen molar-refractivity contribution in [3.63, 3.8) is 0 Å². The summed E-state index contributed by atoms with van der Waals surface area (Å²) in [4.78, 5) is 11.4. The zero-order valence-corrected chi connectivity index (χ0v) is 18.7. The quantitative estimate of drug-likeness (QED) is 0.420. The van der Waals surface area contributed by atoms with Crippen LogP contribution in [0.4, 0.5) is 0 Å². The van der Waals surface area contributed by atoms with Crippen molar-refractivity contribution >= 4 is 14.6 Å². The van der Waals surface area contributed by atoms with Gasteiger partial charge in [-0.25, -0.2) is 0 Å². The molecule has 0 bridgehead atoms. The van der Waals surface area contributed by atoms with Crippen molar-refractivity contribution in [2.45, 2.75) is 65.5 Å². The molecule has 3 atom stereocenters. The van der Waals surface area contributed by atoms with E-state index >= 15 is 0 Å². The Morgan fingerprint density at radius 3 is 2.15 bits per heavy atom. The van der Waals surface area contributed by atoms with E-state index in [4.69, 9.17) is 13.9 Å². The van der Waals surface area contributed by atoms with Gasteiger partial charge in [-0.3, -0.25) is 0 Å². The maximum Gasteiger partial charge on any atom is 0.191 e. The van der Waals surface area contributed by atoms with Gasteiger partial charge < -0.3 is 18.7 Å². The van der Waals surface area contributed by atoms with Gasteiger partial charge >= 0.3 is 0 Å². The first-order chi connectivity index (χ1) is 12.0. The van der Waals surface area contributed by atoms with Gasteiger partial charge in [-0.05, 0) is 35.8 Å². The minimum absolute atomic E-state index is 0.141. The number of rotatable bonds is 10. The van der Waals surface area contributed by atoms with E-state index in [0.29, 0.717) is 13.2 Å². The van der Waals surface area contributed by atoms with Gasteiger partial charge in [0.1, 0.15) is 12.0 Å². The largest absolute Gasteiger partial charge is 0.497 e. The highest BCUT2D eigenvalue weighted by Crippen LogP contribution is 2.37. The molecular formula is C21H36O4Si. The molecule has 1 aromatic carbocycles. The number of carbonyl (C=O) groups excluding carboxylic acids is 1. The van der Waals surface area contributed by atoms with E-state index in [1.807, 2.05) is 31.2 Å². The lowest BCUT2D eigenvalue weighted by Gasteiger charge is -2.38. The molecule has 0 aliphatic heterocycles. The van der Waals surface area contributed by atoms with Crippen molar-refractivity contribution < 1.29 is 18.7 Å². The second kappa shape index (κ2) is 9.67. The molecule has 5 heteroatoms. The van der Waals surface area contributed by atoms with Crippen LogP contribution in [0.5, 0.6) is 5.75 Å². The van der Waals surface area contributed by atoms with Crippen LogP contribution in [0.2, 0.25) is 18.1 Å². The molecule has 148 valence electrons. The Balaban J connectivity index is 2.71. The van der Waals surface area contributed by atoms with Crippen LogP contribution in [0.25, 0.3) is 0 Å². The number of benzene rings is 1. The molecule has 0 aliphatic rings. The first kappa shape index (κ1) is 22.9. The second-order valence-electron chi connectivity index (χ2n) is 8.67. The van der Waals surface area contributed by atoms with Crippen molar-refractivity contribution in [1.82, 2.24) is 0 Å². The summed E-state index contributed by atoms with van der Waals surface area (Å²) in [6.45, 7) is 16.3. The monoisotopic (exact) mass is 380 g/mol. The van der Waals surface area contributed by atoms with Crippen LogP contribution in [0.1, 0.15) is 40.2 Å². The third-order valence-corrected chi connectivity index (χ3v) is 9.91. The summed E-state index contributed by atoms with van der Waals surface area (Å²) in [6.07, 6.45) is 0.806. The third-order valence-electron chi connectivity index (χ3n) is 5.41. The van der Waals surface area contributed by atoms with Crippen molar-refractivity contribution in [2.75, 3.05) is 13.7 Å². The zero-order valence-electron chi connectivity index (χ0n) is 17.7. The molecule has 4 nitrogen and oxygen atoms in total. The topological polar surface area (TPSA) is 44.8 Å². The molecule has 0 saturated heterocycles. The Hall–Kier alpha value is -1.17. The molecular weight excluding hydrogens is 344 g/mol. The predicted octanol–water partition coefficient (Wildman–Crippen LogP) is 5.07. The molecule has 0 aromatic heterocycles. The summed E-state index contributed by atoms with van der Waals surface area (Å²) < 4.78 is 17.7. The van der Waals surface area contributed by atoms with Crippen LogP contribution in [0, 0.1) is 11.8 Å². The van der Waals surface area contributed by atoms with Gasteiger partial charge in [0.05, 0.1) is 19.8 Å². The van der Waals surface area contributed by atoms with Crippen LogP contribution in [0.15, 0.2) is 24.3 Å². The Morgan fingerprint density at radius 2 is 1.69 bits per heavy atom. The normalized spacial score (nSPS) is 16.0. The highest BCUT2D eigenvalue weighted by molar-refractivity contribution is 6.74. The molecule has 0 radical (unpaired) electrons. The molecule has 0 spiro atoms. The zero-order chi connectivity index (χ0) is 20.0. The van der Waals surface area contributed by atoms with Gasteiger partial charge in [0.15, 0.2) is 8.32 Å². The maximum atomic E-state index is 11.4. The van der Waals surface area contributed by atoms with E-state index in [-0.39, 0.29) is 23.0 Å². The van der Waals surface area contributed by atoms with Crippen molar-refractivity contribution in [2.24, 2.45) is 11.8 Å². The fourth-order valence-electron chi connectivity index (χ4n) is 2.48. The average molecular weight is 381 g/mol. The summed E-state index contributed by atoms with van der Waals surface area (Å²) in [7, 11) is -0.164. The summed E-state index contributed by atoms with van der Waals surface area (Å²) in [6, 6.07) is 7.80. The Bertz CT molecular complexity index is 548. The molecule has 0 aliphatic carbocycles. The predicted molar refractivity (Wildman–Crippen MR) is 109 cm³/mol.